The third-order valence-corrected chi connectivity index (χ3v) is 3.17. The Hall–Kier alpha value is -0.120. The Morgan fingerprint density at radius 3 is 2.06 bits per heavy atom. The minimum absolute atomic E-state index is 0.175. The van der Waals surface area contributed by atoms with Crippen LogP contribution in [-0.2, 0) is 0 Å². The van der Waals surface area contributed by atoms with Gasteiger partial charge in [0, 0.05) is 18.1 Å². The zero-order valence-corrected chi connectivity index (χ0v) is 12.1. The number of likely N-dealkylation sites (N-methyl/N-ethyl adjacent to an activating group) is 1. The Kier molecular flexibility index (Phi) is 5.94. The summed E-state index contributed by atoms with van der Waals surface area (Å²) in [7, 11) is 4.07. The van der Waals surface area contributed by atoms with E-state index in [1.54, 1.807) is 0 Å². The zero-order chi connectivity index (χ0) is 13.0. The quantitative estimate of drug-likeness (QED) is 0.729. The molecule has 16 heavy (non-hydrogen) atoms. The zero-order valence-electron chi connectivity index (χ0n) is 12.1. The van der Waals surface area contributed by atoms with Gasteiger partial charge in [-0.2, -0.15) is 0 Å². The molecule has 0 aromatic carbocycles. The number of hydrogen-bond donors (Lipinski definition) is 2. The van der Waals surface area contributed by atoms with Gasteiger partial charge in [-0.1, -0.05) is 20.8 Å². The van der Waals surface area contributed by atoms with Crippen molar-refractivity contribution in [2.45, 2.75) is 52.6 Å². The van der Waals surface area contributed by atoms with Crippen LogP contribution < -0.4 is 5.32 Å². The van der Waals surface area contributed by atoms with E-state index in [4.69, 9.17) is 0 Å². The molecule has 3 heteroatoms. The average Bonchev–Trinajstić information content (AvgIpc) is 2.15. The second kappa shape index (κ2) is 5.99. The third-order valence-electron chi connectivity index (χ3n) is 3.17. The first-order chi connectivity index (χ1) is 7.13. The molecule has 0 fully saturated rings. The highest BCUT2D eigenvalue weighted by atomic mass is 16.3. The normalized spacial score (nSPS) is 18.6. The lowest BCUT2D eigenvalue weighted by Gasteiger charge is -2.36. The molecule has 2 N–H and O–H groups in total. The number of nitrogens with one attached hydrogen (secondary N) is 1. The summed E-state index contributed by atoms with van der Waals surface area (Å²) in [6.07, 6.45) is 0.951. The number of aliphatic hydroxyl groups excluding tert-OH is 1. The van der Waals surface area contributed by atoms with Gasteiger partial charge in [-0.3, -0.25) is 0 Å². The van der Waals surface area contributed by atoms with E-state index in [0.717, 1.165) is 13.0 Å². The molecule has 0 heterocycles. The van der Waals surface area contributed by atoms with Gasteiger partial charge in [0.25, 0.3) is 0 Å². The SMILES string of the molecule is CNC(C)(CO)CC(C)N(C)CC(C)(C)C. The summed E-state index contributed by atoms with van der Waals surface area (Å²) in [5.74, 6) is 0. The monoisotopic (exact) mass is 230 g/mol. The molecule has 2 atom stereocenters. The van der Waals surface area contributed by atoms with Gasteiger partial charge in [-0.15, -0.1) is 0 Å². The summed E-state index contributed by atoms with van der Waals surface area (Å²) in [6.45, 7) is 12.3. The highest BCUT2D eigenvalue weighted by molar-refractivity contribution is 4.86. The van der Waals surface area contributed by atoms with Gasteiger partial charge in [0.15, 0.2) is 0 Å². The van der Waals surface area contributed by atoms with Crippen LogP contribution in [0.15, 0.2) is 0 Å². The van der Waals surface area contributed by atoms with E-state index in [1.807, 2.05) is 7.05 Å². The minimum Gasteiger partial charge on any atom is -0.394 e. The van der Waals surface area contributed by atoms with E-state index in [0.29, 0.717) is 11.5 Å². The van der Waals surface area contributed by atoms with Crippen LogP contribution >= 0.6 is 0 Å². The van der Waals surface area contributed by atoms with E-state index in [1.165, 1.54) is 0 Å². The number of aliphatic hydroxyl groups is 1. The van der Waals surface area contributed by atoms with Crippen LogP contribution in [0.25, 0.3) is 0 Å². The van der Waals surface area contributed by atoms with Crippen molar-refractivity contribution in [3.05, 3.63) is 0 Å². The molecule has 0 aromatic heterocycles. The fourth-order valence-corrected chi connectivity index (χ4v) is 1.96. The van der Waals surface area contributed by atoms with E-state index >= 15 is 0 Å². The minimum atomic E-state index is -0.175. The molecule has 0 aliphatic heterocycles. The lowest BCUT2D eigenvalue weighted by molar-refractivity contribution is 0.114. The lowest BCUT2D eigenvalue weighted by Crippen LogP contribution is -2.49. The first-order valence-electron chi connectivity index (χ1n) is 6.13. The van der Waals surface area contributed by atoms with Crippen molar-refractivity contribution >= 4 is 0 Å². The lowest BCUT2D eigenvalue weighted by atomic mass is 9.91. The Labute approximate surface area is 101 Å². The van der Waals surface area contributed by atoms with E-state index in [-0.39, 0.29) is 12.1 Å². The van der Waals surface area contributed by atoms with Gasteiger partial charge in [0.1, 0.15) is 0 Å². The smallest absolute Gasteiger partial charge is 0.0611 e. The highest BCUT2D eigenvalue weighted by Gasteiger charge is 2.26. The second-order valence-corrected chi connectivity index (χ2v) is 6.50. The summed E-state index contributed by atoms with van der Waals surface area (Å²) in [5, 5.41) is 12.6. The molecule has 3 nitrogen and oxygen atoms in total. The highest BCUT2D eigenvalue weighted by Crippen LogP contribution is 2.19. The van der Waals surface area contributed by atoms with Gasteiger partial charge in [0.05, 0.1) is 6.61 Å². The molecule has 0 saturated carbocycles. The molecule has 2 unspecified atom stereocenters. The van der Waals surface area contributed by atoms with Crippen molar-refractivity contribution in [2.24, 2.45) is 5.41 Å². The van der Waals surface area contributed by atoms with Crippen LogP contribution in [0.3, 0.4) is 0 Å². The van der Waals surface area contributed by atoms with Crippen LogP contribution in [0.1, 0.15) is 41.0 Å². The van der Waals surface area contributed by atoms with Crippen LogP contribution in [0.2, 0.25) is 0 Å². The van der Waals surface area contributed by atoms with Crippen molar-refractivity contribution in [3.63, 3.8) is 0 Å². The predicted molar refractivity (Wildman–Crippen MR) is 70.7 cm³/mol. The third kappa shape index (κ3) is 5.83. The van der Waals surface area contributed by atoms with E-state index in [9.17, 15) is 5.11 Å². The standard InChI is InChI=1S/C13H30N2O/c1-11(8-13(5,10-16)14-6)15(7)9-12(2,3)4/h11,14,16H,8-10H2,1-7H3. The molecule has 0 radical (unpaired) electrons. The van der Waals surface area contributed by atoms with Gasteiger partial charge >= 0.3 is 0 Å². The predicted octanol–water partition coefficient (Wildman–Crippen LogP) is 1.71. The van der Waals surface area contributed by atoms with Crippen LogP contribution in [-0.4, -0.2) is 48.8 Å². The van der Waals surface area contributed by atoms with Gasteiger partial charge in [-0.25, -0.2) is 0 Å². The maximum Gasteiger partial charge on any atom is 0.0611 e. The first kappa shape index (κ1) is 15.9. The molecule has 0 spiro atoms. The van der Waals surface area contributed by atoms with Crippen molar-refractivity contribution in [2.75, 3.05) is 27.2 Å². The van der Waals surface area contributed by atoms with E-state index in [2.05, 4.69) is 51.9 Å². The summed E-state index contributed by atoms with van der Waals surface area (Å²) in [5.41, 5.74) is 0.143. The van der Waals surface area contributed by atoms with Crippen molar-refractivity contribution < 1.29 is 5.11 Å². The molecule has 0 aliphatic carbocycles. The van der Waals surface area contributed by atoms with Crippen LogP contribution in [0.4, 0.5) is 0 Å². The van der Waals surface area contributed by atoms with Gasteiger partial charge in [-0.05, 0) is 39.8 Å². The number of hydrogen-bond acceptors (Lipinski definition) is 3. The van der Waals surface area contributed by atoms with E-state index < -0.39 is 0 Å². The molecule has 0 aromatic rings. The molecule has 0 rings (SSSR count). The Morgan fingerprint density at radius 1 is 1.25 bits per heavy atom. The second-order valence-electron chi connectivity index (χ2n) is 6.50. The average molecular weight is 230 g/mol. The van der Waals surface area contributed by atoms with Crippen molar-refractivity contribution in [1.82, 2.24) is 10.2 Å². The summed E-state index contributed by atoms with van der Waals surface area (Å²) < 4.78 is 0. The summed E-state index contributed by atoms with van der Waals surface area (Å²) in [4.78, 5) is 2.37. The molecule has 0 aliphatic rings. The first-order valence-corrected chi connectivity index (χ1v) is 6.13. The molecule has 0 saturated heterocycles. The molecule has 0 bridgehead atoms. The number of nitrogens with zero attached hydrogens (tertiary/aromatic N) is 1. The maximum atomic E-state index is 9.37. The molecular formula is C13H30N2O. The topological polar surface area (TPSA) is 35.5 Å². The molecular weight excluding hydrogens is 200 g/mol. The molecule has 0 amide bonds. The summed E-state index contributed by atoms with van der Waals surface area (Å²) >= 11 is 0. The van der Waals surface area contributed by atoms with Crippen molar-refractivity contribution in [1.29, 1.82) is 0 Å². The van der Waals surface area contributed by atoms with Crippen LogP contribution in [0, 0.1) is 5.41 Å². The fraction of sp³-hybridized carbons (Fsp3) is 1.00. The Morgan fingerprint density at radius 2 is 1.75 bits per heavy atom. The van der Waals surface area contributed by atoms with Gasteiger partial charge in [0.2, 0.25) is 0 Å². The largest absolute Gasteiger partial charge is 0.394 e. The Bertz CT molecular complexity index is 195. The maximum absolute atomic E-state index is 9.37. The Balaban J connectivity index is 4.29. The van der Waals surface area contributed by atoms with Crippen LogP contribution in [0.5, 0.6) is 0 Å². The summed E-state index contributed by atoms with van der Waals surface area (Å²) in [6, 6.07) is 0.462. The number of rotatable bonds is 6. The van der Waals surface area contributed by atoms with Gasteiger partial charge < -0.3 is 15.3 Å². The fourth-order valence-electron chi connectivity index (χ4n) is 1.96. The molecule has 98 valence electrons. The van der Waals surface area contributed by atoms with Crippen molar-refractivity contribution in [3.8, 4) is 0 Å².